The van der Waals surface area contributed by atoms with E-state index in [4.69, 9.17) is 20.9 Å². The van der Waals surface area contributed by atoms with Crippen molar-refractivity contribution in [1.29, 1.82) is 0 Å². The van der Waals surface area contributed by atoms with Crippen molar-refractivity contribution in [1.82, 2.24) is 0 Å². The van der Waals surface area contributed by atoms with Gasteiger partial charge in [0.1, 0.15) is 23.0 Å². The number of anilines is 2. The first-order valence-electron chi connectivity index (χ1n) is 20.3. The van der Waals surface area contributed by atoms with Gasteiger partial charge >= 0.3 is 0 Å². The number of nitrogens with two attached hydrogens (primary N) is 2. The van der Waals surface area contributed by atoms with Gasteiger partial charge in [0.2, 0.25) is 0 Å². The van der Waals surface area contributed by atoms with E-state index in [1.807, 2.05) is 48.5 Å². The van der Waals surface area contributed by atoms with Gasteiger partial charge < -0.3 is 20.9 Å². The summed E-state index contributed by atoms with van der Waals surface area (Å²) in [5, 5.41) is 0. The van der Waals surface area contributed by atoms with Crippen LogP contribution in [0.25, 0.3) is 0 Å². The maximum atomic E-state index is 6.18. The molecule has 4 aromatic carbocycles. The third-order valence-electron chi connectivity index (χ3n) is 12.2. The predicted molar refractivity (Wildman–Crippen MR) is 215 cm³/mol. The van der Waals surface area contributed by atoms with Crippen LogP contribution in [0.1, 0.15) is 134 Å². The topological polar surface area (TPSA) is 70.5 Å². The molecule has 0 aliphatic heterocycles. The van der Waals surface area contributed by atoms with Crippen LogP contribution in [0.3, 0.4) is 0 Å². The molecule has 0 spiro atoms. The molecule has 0 saturated heterocycles. The molecule has 2 saturated carbocycles. The molecule has 0 bridgehead atoms. The van der Waals surface area contributed by atoms with Gasteiger partial charge in [-0.25, -0.2) is 0 Å². The van der Waals surface area contributed by atoms with Gasteiger partial charge in [-0.3, -0.25) is 0 Å². The van der Waals surface area contributed by atoms with Crippen LogP contribution in [0.4, 0.5) is 11.4 Å². The van der Waals surface area contributed by atoms with Gasteiger partial charge in [0.05, 0.1) is 0 Å². The highest BCUT2D eigenvalue weighted by Gasteiger charge is 2.41. The molecule has 0 unspecified atom stereocenters. The van der Waals surface area contributed by atoms with E-state index in [2.05, 4.69) is 55.5 Å². The van der Waals surface area contributed by atoms with Crippen LogP contribution in [0.15, 0.2) is 97.1 Å². The van der Waals surface area contributed by atoms with Gasteiger partial charge in [0, 0.05) is 16.8 Å². The highest BCUT2D eigenvalue weighted by molar-refractivity contribution is 5.47. The van der Waals surface area contributed by atoms with E-state index < -0.39 is 0 Å². The van der Waals surface area contributed by atoms with E-state index in [1.165, 1.54) is 127 Å². The number of ether oxygens (including phenoxy) is 2. The summed E-state index contributed by atoms with van der Waals surface area (Å²) in [7, 11) is 0. The van der Waals surface area contributed by atoms with Crippen molar-refractivity contribution in [3.63, 3.8) is 0 Å². The second-order valence-corrected chi connectivity index (χ2v) is 15.7. The normalized spacial score (nSPS) is 19.1. The molecule has 0 atom stereocenters. The fraction of sp³-hybridized carbons (Fsp3) is 0.489. The lowest BCUT2D eigenvalue weighted by molar-refractivity contribution is 0.140. The Morgan fingerprint density at radius 3 is 1.27 bits per heavy atom. The lowest BCUT2D eigenvalue weighted by Gasteiger charge is -2.44. The minimum Gasteiger partial charge on any atom is -0.457 e. The first kappa shape index (κ1) is 36.9. The third kappa shape index (κ3) is 10.3. The highest BCUT2D eigenvalue weighted by Crippen LogP contribution is 2.51. The van der Waals surface area contributed by atoms with Crippen LogP contribution in [0.5, 0.6) is 23.0 Å². The molecule has 272 valence electrons. The van der Waals surface area contributed by atoms with Gasteiger partial charge in [-0.2, -0.15) is 0 Å². The first-order chi connectivity index (χ1) is 25.0. The smallest absolute Gasteiger partial charge is 0.127 e. The van der Waals surface area contributed by atoms with Crippen molar-refractivity contribution in [2.75, 3.05) is 11.5 Å². The molecular weight excluding hydrogens is 625 g/mol. The summed E-state index contributed by atoms with van der Waals surface area (Å²) in [6, 6.07) is 32.9. The number of hydrogen-bond acceptors (Lipinski definition) is 4. The van der Waals surface area contributed by atoms with E-state index in [1.54, 1.807) is 0 Å². The molecule has 2 fully saturated rings. The summed E-state index contributed by atoms with van der Waals surface area (Å²) in [5.41, 5.74) is 16.0. The molecule has 4 nitrogen and oxygen atoms in total. The Morgan fingerprint density at radius 1 is 0.471 bits per heavy atom. The fourth-order valence-electron chi connectivity index (χ4n) is 9.07. The average molecular weight is 687 g/mol. The molecular formula is C47H62N2O2. The molecule has 4 N–H and O–H groups in total. The van der Waals surface area contributed by atoms with Crippen molar-refractivity contribution >= 4 is 11.4 Å². The Hall–Kier alpha value is -3.92. The zero-order chi connectivity index (χ0) is 35.3. The van der Waals surface area contributed by atoms with Gasteiger partial charge in [0.25, 0.3) is 0 Å². The van der Waals surface area contributed by atoms with Crippen LogP contribution < -0.4 is 20.9 Å². The summed E-state index contributed by atoms with van der Waals surface area (Å²) in [6.07, 6.45) is 25.1. The van der Waals surface area contributed by atoms with E-state index >= 15 is 0 Å². The second kappa shape index (κ2) is 18.5. The van der Waals surface area contributed by atoms with Gasteiger partial charge in [-0.15, -0.1) is 0 Å². The Balaban J connectivity index is 1.06. The second-order valence-electron chi connectivity index (χ2n) is 15.7. The Kier molecular flexibility index (Phi) is 13.4. The predicted octanol–water partition coefficient (Wildman–Crippen LogP) is 13.6. The highest BCUT2D eigenvalue weighted by atomic mass is 16.5. The van der Waals surface area contributed by atoms with E-state index in [0.29, 0.717) is 0 Å². The number of rotatable bonds is 17. The quantitative estimate of drug-likeness (QED) is 0.0857. The van der Waals surface area contributed by atoms with Crippen molar-refractivity contribution in [2.24, 2.45) is 17.8 Å². The van der Waals surface area contributed by atoms with Crippen molar-refractivity contribution < 1.29 is 9.47 Å². The molecule has 51 heavy (non-hydrogen) atoms. The summed E-state index contributed by atoms with van der Waals surface area (Å²) in [4.78, 5) is 0. The van der Waals surface area contributed by atoms with Crippen molar-refractivity contribution in [2.45, 2.75) is 128 Å². The third-order valence-corrected chi connectivity index (χ3v) is 12.2. The monoisotopic (exact) mass is 686 g/mol. The molecule has 4 heteroatoms. The summed E-state index contributed by atoms with van der Waals surface area (Å²) in [6.45, 7) is 2.30. The maximum absolute atomic E-state index is 6.18. The summed E-state index contributed by atoms with van der Waals surface area (Å²) >= 11 is 0. The van der Waals surface area contributed by atoms with Crippen LogP contribution in [0, 0.1) is 17.8 Å². The zero-order valence-corrected chi connectivity index (χ0v) is 31.2. The molecule has 6 rings (SSSR count). The average Bonchev–Trinajstić information content (AvgIpc) is 3.17. The standard InChI is InChI=1S/C47H62N2O2/c1-2-3-4-5-6-7-8-9-10-11-36-12-14-37(15-13-36)38-32-34-47(35-33-38,39-16-24-43(25-17-39)50-45-28-20-41(48)21-29-45)40-18-26-44(27-19-40)51-46-30-22-42(49)23-31-46/h16-31,36-38H,2-15,32-35,48-49H2,1H3. The van der Waals surface area contributed by atoms with Gasteiger partial charge in [-0.1, -0.05) is 108 Å². The lowest BCUT2D eigenvalue weighted by atomic mass is 9.60. The molecule has 4 aromatic rings. The molecule has 2 aliphatic rings. The number of hydrogen-bond donors (Lipinski definition) is 2. The molecule has 0 aromatic heterocycles. The fourth-order valence-corrected chi connectivity index (χ4v) is 9.07. The van der Waals surface area contributed by atoms with E-state index in [-0.39, 0.29) is 5.41 Å². The van der Waals surface area contributed by atoms with Crippen molar-refractivity contribution in [3.05, 3.63) is 108 Å². The Bertz CT molecular complexity index is 1470. The Labute approximate surface area is 308 Å². The lowest BCUT2D eigenvalue weighted by Crippen LogP contribution is -2.35. The van der Waals surface area contributed by atoms with Crippen molar-refractivity contribution in [3.8, 4) is 23.0 Å². The van der Waals surface area contributed by atoms with Crippen LogP contribution in [0.2, 0.25) is 0 Å². The van der Waals surface area contributed by atoms with Gasteiger partial charge in [-0.05, 0) is 140 Å². The van der Waals surface area contributed by atoms with Crippen LogP contribution in [-0.2, 0) is 5.41 Å². The minimum atomic E-state index is -0.0246. The molecule has 0 radical (unpaired) electrons. The number of nitrogen functional groups attached to an aromatic ring is 2. The largest absolute Gasteiger partial charge is 0.457 e. The van der Waals surface area contributed by atoms with E-state index in [9.17, 15) is 0 Å². The summed E-state index contributed by atoms with van der Waals surface area (Å²) in [5.74, 6) is 5.99. The summed E-state index contributed by atoms with van der Waals surface area (Å²) < 4.78 is 12.4. The van der Waals surface area contributed by atoms with Crippen LogP contribution >= 0.6 is 0 Å². The molecule has 0 amide bonds. The number of benzene rings is 4. The first-order valence-corrected chi connectivity index (χ1v) is 20.3. The zero-order valence-electron chi connectivity index (χ0n) is 31.2. The minimum absolute atomic E-state index is 0.0246. The maximum Gasteiger partial charge on any atom is 0.127 e. The van der Waals surface area contributed by atoms with Gasteiger partial charge in [0.15, 0.2) is 0 Å². The SMILES string of the molecule is CCCCCCCCCCCC1CCC(C2CCC(c3ccc(Oc4ccc(N)cc4)cc3)(c3ccc(Oc4ccc(N)cc4)cc3)CC2)CC1. The van der Waals surface area contributed by atoms with Crippen LogP contribution in [-0.4, -0.2) is 0 Å². The van der Waals surface area contributed by atoms with E-state index in [0.717, 1.165) is 52.1 Å². The Morgan fingerprint density at radius 2 is 0.843 bits per heavy atom. The molecule has 2 aliphatic carbocycles. The number of unbranched alkanes of at least 4 members (excludes halogenated alkanes) is 8. The molecule has 0 heterocycles.